The molecule has 1 aromatic rings. The predicted molar refractivity (Wildman–Crippen MR) is 64.6 cm³/mol. The predicted octanol–water partition coefficient (Wildman–Crippen LogP) is 1.49. The molecule has 2 rings (SSSR count). The van der Waals surface area contributed by atoms with Crippen molar-refractivity contribution >= 4 is 17.0 Å². The second kappa shape index (κ2) is 5.58. The number of hydrogen-bond donors (Lipinski definition) is 0. The number of nitrogens with zero attached hydrogens (tertiary/aromatic N) is 1. The Morgan fingerprint density at radius 2 is 2.11 bits per heavy atom. The summed E-state index contributed by atoms with van der Waals surface area (Å²) in [6.07, 6.45) is 1.44. The lowest BCUT2D eigenvalue weighted by molar-refractivity contribution is -0.144. The summed E-state index contributed by atoms with van der Waals surface area (Å²) in [5, 5.41) is 0. The number of hydrogen-bond acceptors (Lipinski definition) is 3. The molecule has 0 spiro atoms. The van der Waals surface area contributed by atoms with E-state index in [1.54, 1.807) is 4.31 Å². The summed E-state index contributed by atoms with van der Waals surface area (Å²) in [6, 6.07) is 4.99. The maximum absolute atomic E-state index is 12.8. The smallest absolute Gasteiger partial charge is 0.324 e. The van der Waals surface area contributed by atoms with Crippen LogP contribution in [0.2, 0.25) is 0 Å². The molecule has 1 aromatic carbocycles. The van der Waals surface area contributed by atoms with Crippen LogP contribution in [0.15, 0.2) is 29.2 Å². The fourth-order valence-electron chi connectivity index (χ4n) is 2.00. The molecule has 0 amide bonds. The first-order chi connectivity index (χ1) is 8.63. The highest BCUT2D eigenvalue weighted by molar-refractivity contribution is 7.82. The summed E-state index contributed by atoms with van der Waals surface area (Å²) in [7, 11) is -0.134. The van der Waals surface area contributed by atoms with Crippen molar-refractivity contribution in [1.82, 2.24) is 4.31 Å². The van der Waals surface area contributed by atoms with Gasteiger partial charge in [-0.25, -0.2) is 12.9 Å². The Kier molecular flexibility index (Phi) is 4.08. The molecule has 98 valence electrons. The van der Waals surface area contributed by atoms with Crippen molar-refractivity contribution < 1.29 is 18.1 Å². The van der Waals surface area contributed by atoms with E-state index in [9.17, 15) is 13.4 Å². The molecular formula is C12H14FNO3S. The Labute approximate surface area is 107 Å². The third-order valence-corrected chi connectivity index (χ3v) is 4.44. The molecule has 1 saturated heterocycles. The third-order valence-electron chi connectivity index (χ3n) is 2.91. The van der Waals surface area contributed by atoms with E-state index in [0.717, 1.165) is 6.42 Å². The largest absolute Gasteiger partial charge is 0.468 e. The van der Waals surface area contributed by atoms with Crippen LogP contribution in [0, 0.1) is 5.82 Å². The van der Waals surface area contributed by atoms with Crippen LogP contribution in [0.3, 0.4) is 0 Å². The number of benzene rings is 1. The first-order valence-corrected chi connectivity index (χ1v) is 6.76. The Bertz CT molecular complexity index is 463. The third kappa shape index (κ3) is 2.59. The molecule has 18 heavy (non-hydrogen) atoms. The highest BCUT2D eigenvalue weighted by atomic mass is 32.2. The van der Waals surface area contributed by atoms with E-state index in [0.29, 0.717) is 17.9 Å². The lowest BCUT2D eigenvalue weighted by Crippen LogP contribution is -2.38. The SMILES string of the molecule is COC(=O)[C@@H]1CCCN1S(=O)c1ccc(F)cc1. The first-order valence-electron chi connectivity index (χ1n) is 5.65. The number of carbonyl (C=O) groups is 1. The molecule has 1 unspecified atom stereocenters. The summed E-state index contributed by atoms with van der Waals surface area (Å²) < 4.78 is 31.4. The molecule has 4 nitrogen and oxygen atoms in total. The fraction of sp³-hybridized carbons (Fsp3) is 0.417. The van der Waals surface area contributed by atoms with Gasteiger partial charge in [0.2, 0.25) is 0 Å². The van der Waals surface area contributed by atoms with E-state index < -0.39 is 17.0 Å². The normalized spacial score (nSPS) is 21.8. The van der Waals surface area contributed by atoms with Gasteiger partial charge in [0.05, 0.1) is 12.0 Å². The number of carbonyl (C=O) groups excluding carboxylic acids is 1. The van der Waals surface area contributed by atoms with Crippen molar-refractivity contribution in [3.8, 4) is 0 Å². The summed E-state index contributed by atoms with van der Waals surface area (Å²) in [4.78, 5) is 12.0. The van der Waals surface area contributed by atoms with Crippen molar-refractivity contribution in [2.75, 3.05) is 13.7 Å². The van der Waals surface area contributed by atoms with Crippen LogP contribution in [-0.4, -0.2) is 34.2 Å². The molecule has 0 aromatic heterocycles. The molecule has 6 heteroatoms. The molecular weight excluding hydrogens is 257 g/mol. The summed E-state index contributed by atoms with van der Waals surface area (Å²) >= 11 is 0. The fourth-order valence-corrected chi connectivity index (χ4v) is 3.35. The Morgan fingerprint density at radius 3 is 2.72 bits per heavy atom. The number of rotatable bonds is 3. The monoisotopic (exact) mass is 271 g/mol. The Balaban J connectivity index is 2.17. The van der Waals surface area contributed by atoms with Gasteiger partial charge in [-0.2, -0.15) is 0 Å². The molecule has 1 aliphatic rings. The molecule has 1 aliphatic heterocycles. The number of esters is 1. The molecule has 0 radical (unpaired) electrons. The van der Waals surface area contributed by atoms with Gasteiger partial charge in [0, 0.05) is 6.54 Å². The van der Waals surface area contributed by atoms with E-state index >= 15 is 0 Å². The van der Waals surface area contributed by atoms with E-state index in [1.165, 1.54) is 31.4 Å². The molecule has 0 aliphatic carbocycles. The molecule has 0 saturated carbocycles. The highest BCUT2D eigenvalue weighted by Crippen LogP contribution is 2.24. The van der Waals surface area contributed by atoms with E-state index in [2.05, 4.69) is 0 Å². The minimum Gasteiger partial charge on any atom is -0.468 e. The second-order valence-corrected chi connectivity index (χ2v) is 5.46. The van der Waals surface area contributed by atoms with Gasteiger partial charge in [-0.15, -0.1) is 0 Å². The van der Waals surface area contributed by atoms with Gasteiger partial charge in [0.25, 0.3) is 0 Å². The summed E-state index contributed by atoms with van der Waals surface area (Å²) in [5.41, 5.74) is 0. The standard InChI is InChI=1S/C12H14FNO3S/c1-17-12(15)11-3-2-8-14(11)18(16)10-6-4-9(13)5-7-10/h4-7,11H,2-3,8H2,1H3/t11-,18?/m0/s1. The maximum atomic E-state index is 12.8. The van der Waals surface area contributed by atoms with Crippen molar-refractivity contribution in [2.24, 2.45) is 0 Å². The average molecular weight is 271 g/mol. The van der Waals surface area contributed by atoms with E-state index in [-0.39, 0.29) is 11.8 Å². The van der Waals surface area contributed by atoms with Gasteiger partial charge in [0.1, 0.15) is 22.8 Å². The molecule has 2 atom stereocenters. The topological polar surface area (TPSA) is 46.6 Å². The van der Waals surface area contributed by atoms with Crippen LogP contribution in [0.4, 0.5) is 4.39 Å². The van der Waals surface area contributed by atoms with E-state index in [1.807, 2.05) is 0 Å². The summed E-state index contributed by atoms with van der Waals surface area (Å²) in [6.45, 7) is 0.573. The van der Waals surface area contributed by atoms with Gasteiger partial charge in [0.15, 0.2) is 0 Å². The van der Waals surface area contributed by atoms with E-state index in [4.69, 9.17) is 4.74 Å². The first kappa shape index (κ1) is 13.2. The van der Waals surface area contributed by atoms with Crippen molar-refractivity contribution in [3.63, 3.8) is 0 Å². The van der Waals surface area contributed by atoms with Crippen molar-refractivity contribution in [3.05, 3.63) is 30.1 Å². The minimum absolute atomic E-state index is 0.372. The zero-order valence-electron chi connectivity index (χ0n) is 9.97. The zero-order chi connectivity index (χ0) is 13.1. The van der Waals surface area contributed by atoms with Crippen molar-refractivity contribution in [2.45, 2.75) is 23.8 Å². The molecule has 0 N–H and O–H groups in total. The van der Waals surface area contributed by atoms with Gasteiger partial charge in [-0.05, 0) is 37.1 Å². The molecule has 1 fully saturated rings. The van der Waals surface area contributed by atoms with Crippen LogP contribution in [0.1, 0.15) is 12.8 Å². The van der Waals surface area contributed by atoms with Crippen LogP contribution >= 0.6 is 0 Å². The maximum Gasteiger partial charge on any atom is 0.324 e. The number of halogens is 1. The average Bonchev–Trinajstić information content (AvgIpc) is 2.87. The molecule has 0 bridgehead atoms. The lowest BCUT2D eigenvalue weighted by Gasteiger charge is -2.20. The second-order valence-electron chi connectivity index (χ2n) is 4.02. The quantitative estimate of drug-likeness (QED) is 0.782. The van der Waals surface area contributed by atoms with Gasteiger partial charge in [-0.1, -0.05) is 0 Å². The number of ether oxygens (including phenoxy) is 1. The number of methoxy groups -OCH3 is 1. The van der Waals surface area contributed by atoms with Gasteiger partial charge >= 0.3 is 5.97 Å². The van der Waals surface area contributed by atoms with Crippen LogP contribution < -0.4 is 0 Å². The molecule has 1 heterocycles. The summed E-state index contributed by atoms with van der Waals surface area (Å²) in [5.74, 6) is -0.746. The highest BCUT2D eigenvalue weighted by Gasteiger charge is 2.35. The lowest BCUT2D eigenvalue weighted by atomic mass is 10.2. The zero-order valence-corrected chi connectivity index (χ0v) is 10.8. The van der Waals surface area contributed by atoms with Gasteiger partial charge in [-0.3, -0.25) is 4.79 Å². The Morgan fingerprint density at radius 1 is 1.44 bits per heavy atom. The Hall–Kier alpha value is -1.27. The minimum atomic E-state index is -1.45. The van der Waals surface area contributed by atoms with Gasteiger partial charge < -0.3 is 4.74 Å². The van der Waals surface area contributed by atoms with Crippen LogP contribution in [-0.2, 0) is 20.5 Å². The van der Waals surface area contributed by atoms with Crippen LogP contribution in [0.5, 0.6) is 0 Å². The van der Waals surface area contributed by atoms with Crippen LogP contribution in [0.25, 0.3) is 0 Å². The van der Waals surface area contributed by atoms with Crippen molar-refractivity contribution in [1.29, 1.82) is 0 Å².